The molecule has 0 bridgehead atoms. The third-order valence-corrected chi connectivity index (χ3v) is 6.64. The number of aromatic amines is 1. The Hall–Kier alpha value is -3.69. The summed E-state index contributed by atoms with van der Waals surface area (Å²) >= 11 is 0. The molecule has 3 atom stereocenters. The number of primary amides is 1. The molecule has 0 spiro atoms. The van der Waals surface area contributed by atoms with Gasteiger partial charge in [-0.2, -0.15) is 0 Å². The molecule has 0 saturated heterocycles. The number of carbonyl (C=O) groups is 4. The van der Waals surface area contributed by atoms with E-state index in [-0.39, 0.29) is 48.6 Å². The maximum Gasteiger partial charge on any atom is 0.224 e. The summed E-state index contributed by atoms with van der Waals surface area (Å²) in [5.41, 5.74) is 18.2. The predicted octanol–water partition coefficient (Wildman–Crippen LogP) is 2.34. The number of aliphatic imine (C=N–C) groups is 1. The number of para-hydroxylation sites is 1. The average Bonchev–Trinajstić information content (AvgIpc) is 3.27. The second-order valence-electron chi connectivity index (χ2n) is 10.3. The Morgan fingerprint density at radius 1 is 1.03 bits per heavy atom. The predicted molar refractivity (Wildman–Crippen MR) is 149 cm³/mol. The van der Waals surface area contributed by atoms with Gasteiger partial charge < -0.3 is 27.5 Å². The molecular formula is C28H42N6O4. The number of nitrogens with one attached hydrogen (secondary N) is 2. The van der Waals surface area contributed by atoms with E-state index in [1.807, 2.05) is 44.3 Å². The van der Waals surface area contributed by atoms with Gasteiger partial charge in [0.1, 0.15) is 5.78 Å². The first-order valence-electron chi connectivity index (χ1n) is 13.3. The van der Waals surface area contributed by atoms with Crippen molar-refractivity contribution in [1.29, 1.82) is 0 Å². The van der Waals surface area contributed by atoms with Gasteiger partial charge in [0.25, 0.3) is 0 Å². The Bertz CT molecular complexity index is 1140. The Kier molecular flexibility index (Phi) is 12.0. The molecule has 0 fully saturated rings. The number of amides is 2. The summed E-state index contributed by atoms with van der Waals surface area (Å²) in [4.78, 5) is 58.4. The lowest BCUT2D eigenvalue weighted by molar-refractivity contribution is -0.133. The lowest BCUT2D eigenvalue weighted by Gasteiger charge is -2.23. The number of aromatic nitrogens is 1. The van der Waals surface area contributed by atoms with E-state index in [0.717, 1.165) is 16.5 Å². The highest BCUT2D eigenvalue weighted by Gasteiger charge is 2.30. The zero-order valence-corrected chi connectivity index (χ0v) is 22.7. The standard InChI is InChI=1S/C28H42N6O4/c1-4-21(35)14-19(13-20-16-33-23-9-6-5-8-22(20)23)27(38)34-24(10-7-11-32-28(30)31)25(36)15-18(26(29)37)12-17(2)3/h5-6,8-9,16-19,24,33H,4,7,10-15H2,1-3H3,(H2,29,37)(H,34,38)(H4,30,31,32)/t18-,19+,24+/m1/s1. The molecule has 0 saturated carbocycles. The number of H-pyrrole nitrogens is 1. The van der Waals surface area contributed by atoms with Gasteiger partial charge in [0.2, 0.25) is 11.8 Å². The minimum atomic E-state index is -0.854. The van der Waals surface area contributed by atoms with Gasteiger partial charge in [-0.3, -0.25) is 24.2 Å². The fraction of sp³-hybridized carbons (Fsp3) is 0.536. The number of Topliss-reactive ketones (excluding diaryl/α,β-unsaturated/α-hetero) is 2. The maximum absolute atomic E-state index is 13.5. The average molecular weight is 527 g/mol. The summed E-state index contributed by atoms with van der Waals surface area (Å²) < 4.78 is 0. The molecular weight excluding hydrogens is 484 g/mol. The monoisotopic (exact) mass is 526 g/mol. The van der Waals surface area contributed by atoms with Crippen molar-refractivity contribution in [1.82, 2.24) is 10.3 Å². The first-order chi connectivity index (χ1) is 18.0. The molecule has 1 heterocycles. The van der Waals surface area contributed by atoms with Crippen LogP contribution in [0.5, 0.6) is 0 Å². The van der Waals surface area contributed by atoms with Gasteiger partial charge in [0.15, 0.2) is 11.7 Å². The fourth-order valence-corrected chi connectivity index (χ4v) is 4.60. The summed E-state index contributed by atoms with van der Waals surface area (Å²) in [7, 11) is 0. The van der Waals surface area contributed by atoms with Crippen LogP contribution < -0.4 is 22.5 Å². The highest BCUT2D eigenvalue weighted by Crippen LogP contribution is 2.23. The Labute approximate surface area is 224 Å². The number of hydrogen-bond donors (Lipinski definition) is 5. The summed E-state index contributed by atoms with van der Waals surface area (Å²) in [6.45, 7) is 5.96. The number of nitrogens with two attached hydrogens (primary N) is 3. The maximum atomic E-state index is 13.5. The van der Waals surface area contributed by atoms with E-state index in [9.17, 15) is 19.2 Å². The van der Waals surface area contributed by atoms with Crippen molar-refractivity contribution in [2.24, 2.45) is 39.9 Å². The van der Waals surface area contributed by atoms with Crippen molar-refractivity contribution in [3.8, 4) is 0 Å². The summed E-state index contributed by atoms with van der Waals surface area (Å²) in [6, 6.07) is 6.90. The molecule has 0 aliphatic heterocycles. The van der Waals surface area contributed by atoms with Crippen molar-refractivity contribution in [2.75, 3.05) is 6.54 Å². The molecule has 1 aromatic carbocycles. The molecule has 2 amide bonds. The van der Waals surface area contributed by atoms with Crippen molar-refractivity contribution in [3.63, 3.8) is 0 Å². The molecule has 10 nitrogen and oxygen atoms in total. The number of fused-ring (bicyclic) bond motifs is 1. The lowest BCUT2D eigenvalue weighted by Crippen LogP contribution is -2.45. The SMILES string of the molecule is CCC(=O)C[C@H](Cc1c[nH]c2ccccc12)C(=O)N[C@@H](CCCN=C(N)N)C(=O)C[C@@H](CC(C)C)C(N)=O. The number of ketones is 2. The number of rotatable bonds is 17. The topological polar surface area (TPSA) is 187 Å². The van der Waals surface area contributed by atoms with Gasteiger partial charge in [-0.05, 0) is 43.2 Å². The van der Waals surface area contributed by atoms with E-state index < -0.39 is 23.8 Å². The first kappa shape index (κ1) is 30.5. The Balaban J connectivity index is 2.25. The van der Waals surface area contributed by atoms with E-state index >= 15 is 0 Å². The highest BCUT2D eigenvalue weighted by molar-refractivity contribution is 5.94. The van der Waals surface area contributed by atoms with Crippen LogP contribution in [0.2, 0.25) is 0 Å². The normalized spacial score (nSPS) is 13.6. The van der Waals surface area contributed by atoms with Crippen LogP contribution in [-0.4, -0.2) is 46.9 Å². The third-order valence-electron chi connectivity index (χ3n) is 6.64. The van der Waals surface area contributed by atoms with Crippen LogP contribution in [0.25, 0.3) is 10.9 Å². The molecule has 2 aromatic rings. The van der Waals surface area contributed by atoms with E-state index in [0.29, 0.717) is 32.2 Å². The largest absolute Gasteiger partial charge is 0.370 e. The summed E-state index contributed by atoms with van der Waals surface area (Å²) in [5.74, 6) is -2.39. The van der Waals surface area contributed by atoms with Gasteiger partial charge in [0.05, 0.1) is 6.04 Å². The number of hydrogen-bond acceptors (Lipinski definition) is 5. The van der Waals surface area contributed by atoms with E-state index in [1.165, 1.54) is 0 Å². The van der Waals surface area contributed by atoms with Crippen LogP contribution in [0.4, 0.5) is 0 Å². The molecule has 8 N–H and O–H groups in total. The minimum absolute atomic E-state index is 0.0358. The second kappa shape index (κ2) is 14.9. The van der Waals surface area contributed by atoms with E-state index in [4.69, 9.17) is 17.2 Å². The Morgan fingerprint density at radius 3 is 2.37 bits per heavy atom. The van der Waals surface area contributed by atoms with Crippen LogP contribution in [0.3, 0.4) is 0 Å². The molecule has 0 aliphatic carbocycles. The van der Waals surface area contributed by atoms with Crippen molar-refractivity contribution < 1.29 is 19.2 Å². The summed E-state index contributed by atoms with van der Waals surface area (Å²) in [6.07, 6.45) is 3.71. The molecule has 0 aliphatic rings. The molecule has 10 heteroatoms. The van der Waals surface area contributed by atoms with Gasteiger partial charge in [-0.15, -0.1) is 0 Å². The van der Waals surface area contributed by atoms with Crippen LogP contribution in [0.1, 0.15) is 64.9 Å². The number of guanidine groups is 1. The van der Waals surface area contributed by atoms with Gasteiger partial charge in [-0.25, -0.2) is 0 Å². The zero-order valence-electron chi connectivity index (χ0n) is 22.7. The van der Waals surface area contributed by atoms with Gasteiger partial charge in [-0.1, -0.05) is 39.0 Å². The van der Waals surface area contributed by atoms with Crippen LogP contribution in [-0.2, 0) is 25.6 Å². The Morgan fingerprint density at radius 2 is 1.74 bits per heavy atom. The smallest absolute Gasteiger partial charge is 0.224 e. The molecule has 38 heavy (non-hydrogen) atoms. The lowest BCUT2D eigenvalue weighted by atomic mass is 9.88. The summed E-state index contributed by atoms with van der Waals surface area (Å²) in [5, 5.41) is 3.86. The molecule has 2 rings (SSSR count). The van der Waals surface area contributed by atoms with Crippen LogP contribution in [0.15, 0.2) is 35.5 Å². The minimum Gasteiger partial charge on any atom is -0.370 e. The third kappa shape index (κ3) is 9.64. The molecule has 208 valence electrons. The van der Waals surface area contributed by atoms with Crippen molar-refractivity contribution in [2.45, 2.75) is 71.8 Å². The highest BCUT2D eigenvalue weighted by atomic mass is 16.2. The van der Waals surface area contributed by atoms with Gasteiger partial charge >= 0.3 is 0 Å². The number of nitrogens with zero attached hydrogens (tertiary/aromatic N) is 1. The molecule has 0 radical (unpaired) electrons. The zero-order chi connectivity index (χ0) is 28.2. The second-order valence-corrected chi connectivity index (χ2v) is 10.3. The van der Waals surface area contributed by atoms with Crippen LogP contribution >= 0.6 is 0 Å². The fourth-order valence-electron chi connectivity index (χ4n) is 4.60. The van der Waals surface area contributed by atoms with E-state index in [2.05, 4.69) is 15.3 Å². The molecule has 0 unspecified atom stereocenters. The number of carbonyl (C=O) groups excluding carboxylic acids is 4. The quantitative estimate of drug-likeness (QED) is 0.119. The van der Waals surface area contributed by atoms with Crippen molar-refractivity contribution >= 4 is 40.2 Å². The first-order valence-corrected chi connectivity index (χ1v) is 13.3. The van der Waals surface area contributed by atoms with Crippen molar-refractivity contribution in [3.05, 3.63) is 36.0 Å². The molecule has 1 aromatic heterocycles. The number of benzene rings is 1. The van der Waals surface area contributed by atoms with E-state index in [1.54, 1.807) is 6.92 Å². The van der Waals surface area contributed by atoms with Crippen LogP contribution in [0, 0.1) is 17.8 Å². The van der Waals surface area contributed by atoms with Gasteiger partial charge in [0, 0.05) is 54.7 Å².